The van der Waals surface area contributed by atoms with Crippen LogP contribution in [-0.2, 0) is 19.2 Å². The maximum Gasteiger partial charge on any atom is 0.427 e. The van der Waals surface area contributed by atoms with E-state index >= 15 is 0 Å². The van der Waals surface area contributed by atoms with Crippen molar-refractivity contribution in [3.05, 3.63) is 65.7 Å². The molecule has 1 unspecified atom stereocenters. The van der Waals surface area contributed by atoms with E-state index in [-0.39, 0.29) is 6.54 Å². The SMILES string of the molecule is COC(=O)CN1C(=O)C(NC(=O)ON)N=C(c2ccccc2)c2ccccc21. The number of hydrogen-bond donors (Lipinski definition) is 2. The lowest BCUT2D eigenvalue weighted by atomic mass is 10.0. The second-order valence-electron chi connectivity index (χ2n) is 5.81. The van der Waals surface area contributed by atoms with Crippen LogP contribution in [-0.4, -0.2) is 43.5 Å². The molecule has 0 aliphatic carbocycles. The number of amides is 2. The van der Waals surface area contributed by atoms with Crippen molar-refractivity contribution in [2.45, 2.75) is 6.17 Å². The van der Waals surface area contributed by atoms with E-state index in [4.69, 9.17) is 10.6 Å². The number of hydrogen-bond acceptors (Lipinski definition) is 7. The maximum atomic E-state index is 13.1. The van der Waals surface area contributed by atoms with Crippen molar-refractivity contribution >= 4 is 29.4 Å². The number of carbonyl (C=O) groups excluding carboxylic acids is 3. The van der Waals surface area contributed by atoms with Crippen molar-refractivity contribution in [1.29, 1.82) is 0 Å². The molecule has 1 atom stereocenters. The molecule has 144 valence electrons. The van der Waals surface area contributed by atoms with E-state index in [9.17, 15) is 14.4 Å². The molecule has 9 nitrogen and oxygen atoms in total. The molecule has 0 spiro atoms. The highest BCUT2D eigenvalue weighted by Crippen LogP contribution is 2.28. The van der Waals surface area contributed by atoms with E-state index in [1.165, 1.54) is 12.0 Å². The molecule has 0 radical (unpaired) electrons. The zero-order valence-electron chi connectivity index (χ0n) is 15.0. The molecule has 0 saturated heterocycles. The molecule has 28 heavy (non-hydrogen) atoms. The average Bonchev–Trinajstić information content (AvgIpc) is 2.84. The van der Waals surface area contributed by atoms with E-state index in [0.29, 0.717) is 17.0 Å². The number of esters is 1. The van der Waals surface area contributed by atoms with Crippen LogP contribution < -0.4 is 16.1 Å². The summed E-state index contributed by atoms with van der Waals surface area (Å²) in [6.07, 6.45) is -2.37. The van der Waals surface area contributed by atoms with Crippen LogP contribution in [0.3, 0.4) is 0 Å². The molecule has 3 rings (SSSR count). The minimum Gasteiger partial charge on any atom is -0.468 e. The van der Waals surface area contributed by atoms with E-state index < -0.39 is 24.1 Å². The Morgan fingerprint density at radius 1 is 1.14 bits per heavy atom. The molecule has 9 heteroatoms. The van der Waals surface area contributed by atoms with Crippen LogP contribution in [0.5, 0.6) is 0 Å². The van der Waals surface area contributed by atoms with Gasteiger partial charge in [-0.1, -0.05) is 48.5 Å². The maximum absolute atomic E-state index is 13.1. The molecule has 0 bridgehead atoms. The van der Waals surface area contributed by atoms with Gasteiger partial charge in [0.05, 0.1) is 18.5 Å². The molecule has 0 saturated carbocycles. The van der Waals surface area contributed by atoms with Gasteiger partial charge in [0.15, 0.2) is 0 Å². The van der Waals surface area contributed by atoms with Gasteiger partial charge in [0.1, 0.15) is 6.54 Å². The predicted molar refractivity (Wildman–Crippen MR) is 100 cm³/mol. The largest absolute Gasteiger partial charge is 0.468 e. The third-order valence-electron chi connectivity index (χ3n) is 4.13. The third-order valence-corrected chi connectivity index (χ3v) is 4.13. The lowest BCUT2D eigenvalue weighted by Gasteiger charge is -2.24. The molecule has 1 aliphatic rings. The summed E-state index contributed by atoms with van der Waals surface area (Å²) in [5.41, 5.74) is 2.29. The standard InChI is InChI=1S/C19H18N4O5/c1-27-15(24)11-23-14-10-6-5-9-13(14)16(12-7-3-2-4-8-12)21-17(18(23)25)22-19(26)28-20/h2-10,17H,11,20H2,1H3,(H,22,26). The highest BCUT2D eigenvalue weighted by Gasteiger charge is 2.34. The quantitative estimate of drug-likeness (QED) is 0.600. The molecule has 2 aromatic carbocycles. The number of nitrogens with zero attached hydrogens (tertiary/aromatic N) is 2. The zero-order chi connectivity index (χ0) is 20.1. The van der Waals surface area contributed by atoms with Crippen molar-refractivity contribution in [1.82, 2.24) is 5.32 Å². The summed E-state index contributed by atoms with van der Waals surface area (Å²) in [7, 11) is 1.23. The Morgan fingerprint density at radius 2 is 1.82 bits per heavy atom. The molecule has 1 heterocycles. The van der Waals surface area contributed by atoms with Gasteiger partial charge >= 0.3 is 12.1 Å². The second-order valence-corrected chi connectivity index (χ2v) is 5.81. The Kier molecular flexibility index (Phi) is 5.66. The fraction of sp³-hybridized carbons (Fsp3) is 0.158. The number of anilines is 1. The minimum atomic E-state index is -1.34. The summed E-state index contributed by atoms with van der Waals surface area (Å²) in [5.74, 6) is 3.63. The van der Waals surface area contributed by atoms with Crippen molar-refractivity contribution in [2.75, 3.05) is 18.6 Å². The summed E-state index contributed by atoms with van der Waals surface area (Å²) < 4.78 is 4.70. The summed E-state index contributed by atoms with van der Waals surface area (Å²) in [5, 5.41) is 2.30. The van der Waals surface area contributed by atoms with Gasteiger partial charge in [-0.15, -0.1) is 0 Å². The number of rotatable bonds is 4. The van der Waals surface area contributed by atoms with Crippen LogP contribution >= 0.6 is 0 Å². The first-order chi connectivity index (χ1) is 13.5. The Balaban J connectivity index is 2.17. The summed E-state index contributed by atoms with van der Waals surface area (Å²) in [6, 6.07) is 16.2. The van der Waals surface area contributed by atoms with Gasteiger partial charge in [-0.3, -0.25) is 19.8 Å². The zero-order valence-corrected chi connectivity index (χ0v) is 15.0. The first-order valence-electron chi connectivity index (χ1n) is 8.33. The lowest BCUT2D eigenvalue weighted by Crippen LogP contribution is -2.49. The smallest absolute Gasteiger partial charge is 0.427 e. The number of ether oxygens (including phenoxy) is 1. The lowest BCUT2D eigenvalue weighted by molar-refractivity contribution is -0.140. The van der Waals surface area contributed by atoms with Gasteiger partial charge in [0.2, 0.25) is 6.17 Å². The van der Waals surface area contributed by atoms with Gasteiger partial charge in [-0.05, 0) is 6.07 Å². The Hall–Kier alpha value is -3.72. The first kappa shape index (κ1) is 19.1. The summed E-state index contributed by atoms with van der Waals surface area (Å²) in [4.78, 5) is 46.4. The van der Waals surface area contributed by atoms with Crippen LogP contribution in [0.1, 0.15) is 11.1 Å². The number of aliphatic imine (C=N–C) groups is 1. The number of nitrogens with two attached hydrogens (primary N) is 1. The molecule has 2 amide bonds. The second kappa shape index (κ2) is 8.31. The fourth-order valence-corrected chi connectivity index (χ4v) is 2.85. The van der Waals surface area contributed by atoms with E-state index in [0.717, 1.165) is 5.56 Å². The van der Waals surface area contributed by atoms with Crippen molar-refractivity contribution in [3.63, 3.8) is 0 Å². The number of nitrogens with one attached hydrogen (secondary N) is 1. The van der Waals surface area contributed by atoms with Crippen LogP contribution in [0, 0.1) is 0 Å². The Bertz CT molecular complexity index is 929. The topological polar surface area (TPSA) is 123 Å². The number of benzodiazepines with no additional fused rings is 1. The van der Waals surface area contributed by atoms with Crippen LogP contribution in [0.25, 0.3) is 0 Å². The molecular formula is C19H18N4O5. The van der Waals surface area contributed by atoms with Gasteiger partial charge in [0.25, 0.3) is 5.91 Å². The van der Waals surface area contributed by atoms with Gasteiger partial charge in [-0.2, -0.15) is 5.90 Å². The number of methoxy groups -OCH3 is 1. The van der Waals surface area contributed by atoms with Crippen LogP contribution in [0.4, 0.5) is 10.5 Å². The average molecular weight is 382 g/mol. The highest BCUT2D eigenvalue weighted by atomic mass is 16.7. The van der Waals surface area contributed by atoms with E-state index in [1.807, 2.05) is 30.3 Å². The van der Waals surface area contributed by atoms with Crippen molar-refractivity contribution in [2.24, 2.45) is 10.9 Å². The van der Waals surface area contributed by atoms with E-state index in [1.54, 1.807) is 24.3 Å². The normalized spacial score (nSPS) is 15.8. The third kappa shape index (κ3) is 3.84. The summed E-state index contributed by atoms with van der Waals surface area (Å²) >= 11 is 0. The van der Waals surface area contributed by atoms with Gasteiger partial charge in [0, 0.05) is 11.1 Å². The number of carbonyl (C=O) groups is 3. The fourth-order valence-electron chi connectivity index (χ4n) is 2.85. The Labute approximate surface area is 160 Å². The van der Waals surface area contributed by atoms with Crippen LogP contribution in [0.15, 0.2) is 59.6 Å². The van der Waals surface area contributed by atoms with Crippen LogP contribution in [0.2, 0.25) is 0 Å². The van der Waals surface area contributed by atoms with Crippen molar-refractivity contribution in [3.8, 4) is 0 Å². The number of benzene rings is 2. The van der Waals surface area contributed by atoms with E-state index in [2.05, 4.69) is 15.1 Å². The Morgan fingerprint density at radius 3 is 2.50 bits per heavy atom. The summed E-state index contributed by atoms with van der Waals surface area (Å²) in [6.45, 7) is -0.347. The molecule has 1 aliphatic heterocycles. The predicted octanol–water partition coefficient (Wildman–Crippen LogP) is 0.970. The number of fused-ring (bicyclic) bond motifs is 1. The first-order valence-corrected chi connectivity index (χ1v) is 8.33. The van der Waals surface area contributed by atoms with Crippen molar-refractivity contribution < 1.29 is 24.0 Å². The monoisotopic (exact) mass is 382 g/mol. The molecule has 2 aromatic rings. The minimum absolute atomic E-state index is 0.347. The van der Waals surface area contributed by atoms with Gasteiger partial charge in [-0.25, -0.2) is 9.79 Å². The van der Waals surface area contributed by atoms with Gasteiger partial charge < -0.3 is 9.57 Å². The molecular weight excluding hydrogens is 364 g/mol. The molecule has 0 fully saturated rings. The highest BCUT2D eigenvalue weighted by molar-refractivity contribution is 6.20. The number of para-hydroxylation sites is 1. The molecule has 3 N–H and O–H groups in total. The molecule has 0 aromatic heterocycles.